The summed E-state index contributed by atoms with van der Waals surface area (Å²) < 4.78 is 26.4. The highest BCUT2D eigenvalue weighted by atomic mass is 35.5. The van der Waals surface area contributed by atoms with Gasteiger partial charge in [-0.15, -0.1) is 0 Å². The molecule has 0 radical (unpaired) electrons. The van der Waals surface area contributed by atoms with Crippen molar-refractivity contribution in [3.05, 3.63) is 64.7 Å². The zero-order valence-electron chi connectivity index (χ0n) is 13.7. The van der Waals surface area contributed by atoms with Crippen LogP contribution >= 0.6 is 11.6 Å². The SMILES string of the molecule is O=C(CCN1CCN(c2ccc(F)cc2)CC1)c1ccc(Cl)c(F)c1. The maximum Gasteiger partial charge on any atom is 0.164 e. The number of Topliss-reactive ketones (excluding diaryl/α,β-unsaturated/α-hetero) is 1. The van der Waals surface area contributed by atoms with Crippen molar-refractivity contribution in [1.29, 1.82) is 0 Å². The van der Waals surface area contributed by atoms with Crippen molar-refractivity contribution in [2.24, 2.45) is 0 Å². The molecule has 0 bridgehead atoms. The molecule has 2 aromatic carbocycles. The van der Waals surface area contributed by atoms with E-state index in [9.17, 15) is 13.6 Å². The van der Waals surface area contributed by atoms with Crippen LogP contribution in [-0.2, 0) is 0 Å². The number of piperazine rings is 1. The van der Waals surface area contributed by atoms with Crippen LogP contribution < -0.4 is 4.90 Å². The third kappa shape index (κ3) is 4.55. The molecule has 0 unspecified atom stereocenters. The summed E-state index contributed by atoms with van der Waals surface area (Å²) in [6.45, 7) is 3.96. The van der Waals surface area contributed by atoms with E-state index in [2.05, 4.69) is 9.80 Å². The minimum absolute atomic E-state index is 0.0217. The van der Waals surface area contributed by atoms with Crippen LogP contribution in [0.5, 0.6) is 0 Å². The third-order valence-electron chi connectivity index (χ3n) is 4.46. The molecule has 1 heterocycles. The molecule has 25 heavy (non-hydrogen) atoms. The number of carbonyl (C=O) groups excluding carboxylic acids is 1. The highest BCUT2D eigenvalue weighted by Crippen LogP contribution is 2.18. The van der Waals surface area contributed by atoms with Crippen LogP contribution in [0.3, 0.4) is 0 Å². The van der Waals surface area contributed by atoms with Gasteiger partial charge in [0, 0.05) is 50.4 Å². The molecule has 132 valence electrons. The summed E-state index contributed by atoms with van der Waals surface area (Å²) in [6.07, 6.45) is 0.345. The van der Waals surface area contributed by atoms with Crippen molar-refractivity contribution >= 4 is 23.1 Å². The normalized spacial score (nSPS) is 15.4. The fourth-order valence-corrected chi connectivity index (χ4v) is 3.07. The van der Waals surface area contributed by atoms with E-state index in [1.807, 2.05) is 0 Å². The van der Waals surface area contributed by atoms with Crippen molar-refractivity contribution < 1.29 is 13.6 Å². The number of hydrogen-bond acceptors (Lipinski definition) is 3. The minimum atomic E-state index is -0.569. The first-order valence-corrected chi connectivity index (χ1v) is 8.62. The smallest absolute Gasteiger partial charge is 0.164 e. The molecule has 1 aliphatic rings. The largest absolute Gasteiger partial charge is 0.369 e. The van der Waals surface area contributed by atoms with E-state index in [0.717, 1.165) is 31.9 Å². The number of nitrogens with zero attached hydrogens (tertiary/aromatic N) is 2. The van der Waals surface area contributed by atoms with Gasteiger partial charge in [-0.05, 0) is 42.5 Å². The molecule has 1 saturated heterocycles. The molecule has 0 aromatic heterocycles. The minimum Gasteiger partial charge on any atom is -0.369 e. The van der Waals surface area contributed by atoms with Gasteiger partial charge in [-0.1, -0.05) is 11.6 Å². The van der Waals surface area contributed by atoms with Crippen LogP contribution in [0, 0.1) is 11.6 Å². The van der Waals surface area contributed by atoms with Gasteiger partial charge in [0.1, 0.15) is 11.6 Å². The predicted octanol–water partition coefficient (Wildman–Crippen LogP) is 4.01. The van der Waals surface area contributed by atoms with Gasteiger partial charge >= 0.3 is 0 Å². The van der Waals surface area contributed by atoms with E-state index in [1.165, 1.54) is 24.3 Å². The number of hydrogen-bond donors (Lipinski definition) is 0. The van der Waals surface area contributed by atoms with Crippen LogP contribution in [0.2, 0.25) is 5.02 Å². The first-order chi connectivity index (χ1) is 12.0. The summed E-state index contributed by atoms with van der Waals surface area (Å²) in [5, 5.41) is 0.0217. The summed E-state index contributed by atoms with van der Waals surface area (Å²) in [4.78, 5) is 16.6. The molecule has 0 atom stereocenters. The Balaban J connectivity index is 1.48. The van der Waals surface area contributed by atoms with Gasteiger partial charge in [0.05, 0.1) is 5.02 Å². The van der Waals surface area contributed by atoms with Crippen LogP contribution in [0.4, 0.5) is 14.5 Å². The zero-order chi connectivity index (χ0) is 17.8. The Labute approximate surface area is 150 Å². The summed E-state index contributed by atoms with van der Waals surface area (Å²) in [5.74, 6) is -0.892. The Hall–Kier alpha value is -1.98. The second kappa shape index (κ2) is 7.93. The van der Waals surface area contributed by atoms with Crippen molar-refractivity contribution in [3.8, 4) is 0 Å². The van der Waals surface area contributed by atoms with Crippen molar-refractivity contribution in [2.45, 2.75) is 6.42 Å². The monoisotopic (exact) mass is 364 g/mol. The van der Waals surface area contributed by atoms with Gasteiger partial charge in [-0.25, -0.2) is 8.78 Å². The van der Waals surface area contributed by atoms with Gasteiger partial charge in [0.2, 0.25) is 0 Å². The molecule has 0 amide bonds. The number of anilines is 1. The number of carbonyl (C=O) groups is 1. The Morgan fingerprint density at radius 1 is 1.00 bits per heavy atom. The van der Waals surface area contributed by atoms with Crippen molar-refractivity contribution in [1.82, 2.24) is 4.90 Å². The standard InChI is InChI=1S/C19H19ClF2N2O/c20-17-6-1-14(13-18(17)22)19(25)7-8-23-9-11-24(12-10-23)16-4-2-15(21)3-5-16/h1-6,13H,7-12H2. The molecule has 6 heteroatoms. The Morgan fingerprint density at radius 2 is 1.68 bits per heavy atom. The van der Waals surface area contributed by atoms with Crippen LogP contribution in [0.1, 0.15) is 16.8 Å². The maximum absolute atomic E-state index is 13.4. The van der Waals surface area contributed by atoms with Crippen LogP contribution in [0.25, 0.3) is 0 Å². The molecule has 0 N–H and O–H groups in total. The Morgan fingerprint density at radius 3 is 2.32 bits per heavy atom. The number of ketones is 1. The van der Waals surface area contributed by atoms with E-state index in [1.54, 1.807) is 18.2 Å². The predicted molar refractivity (Wildman–Crippen MR) is 95.4 cm³/mol. The second-order valence-corrected chi connectivity index (χ2v) is 6.51. The molecular formula is C19H19ClF2N2O. The Bertz CT molecular complexity index is 744. The van der Waals surface area contributed by atoms with E-state index in [4.69, 9.17) is 11.6 Å². The first kappa shape index (κ1) is 17.8. The van der Waals surface area contributed by atoms with Crippen LogP contribution in [-0.4, -0.2) is 43.4 Å². The van der Waals surface area contributed by atoms with Gasteiger partial charge in [0.15, 0.2) is 5.78 Å². The third-order valence-corrected chi connectivity index (χ3v) is 4.77. The number of halogens is 3. The highest BCUT2D eigenvalue weighted by Gasteiger charge is 2.18. The van der Waals surface area contributed by atoms with Crippen molar-refractivity contribution in [2.75, 3.05) is 37.6 Å². The second-order valence-electron chi connectivity index (χ2n) is 6.11. The van der Waals surface area contributed by atoms with E-state index >= 15 is 0 Å². The van der Waals surface area contributed by atoms with E-state index in [-0.39, 0.29) is 16.6 Å². The first-order valence-electron chi connectivity index (χ1n) is 8.24. The highest BCUT2D eigenvalue weighted by molar-refractivity contribution is 6.30. The van der Waals surface area contributed by atoms with Gasteiger partial charge in [-0.2, -0.15) is 0 Å². The molecular weight excluding hydrogens is 346 g/mol. The van der Waals surface area contributed by atoms with E-state index < -0.39 is 5.82 Å². The lowest BCUT2D eigenvalue weighted by Gasteiger charge is -2.36. The summed E-state index contributed by atoms with van der Waals surface area (Å²) in [6, 6.07) is 10.6. The number of benzene rings is 2. The summed E-state index contributed by atoms with van der Waals surface area (Å²) >= 11 is 5.64. The maximum atomic E-state index is 13.4. The van der Waals surface area contributed by atoms with E-state index in [0.29, 0.717) is 18.5 Å². The molecule has 0 saturated carbocycles. The van der Waals surface area contributed by atoms with Gasteiger partial charge < -0.3 is 4.90 Å². The number of rotatable bonds is 5. The molecule has 1 aliphatic heterocycles. The van der Waals surface area contributed by atoms with Gasteiger partial charge in [0.25, 0.3) is 0 Å². The molecule has 1 fully saturated rings. The Kier molecular flexibility index (Phi) is 5.66. The van der Waals surface area contributed by atoms with Crippen molar-refractivity contribution in [3.63, 3.8) is 0 Å². The fourth-order valence-electron chi connectivity index (χ4n) is 2.96. The molecule has 3 rings (SSSR count). The summed E-state index contributed by atoms with van der Waals surface area (Å²) in [5.41, 5.74) is 1.36. The lowest BCUT2D eigenvalue weighted by molar-refractivity contribution is 0.0962. The lowest BCUT2D eigenvalue weighted by atomic mass is 10.1. The topological polar surface area (TPSA) is 23.6 Å². The van der Waals surface area contributed by atoms with Crippen LogP contribution in [0.15, 0.2) is 42.5 Å². The molecule has 3 nitrogen and oxygen atoms in total. The average Bonchev–Trinajstić information content (AvgIpc) is 2.63. The molecule has 2 aromatic rings. The quantitative estimate of drug-likeness (QED) is 0.749. The molecule has 0 aliphatic carbocycles. The fraction of sp³-hybridized carbons (Fsp3) is 0.316. The van der Waals surface area contributed by atoms with Gasteiger partial charge in [-0.3, -0.25) is 9.69 Å². The average molecular weight is 365 g/mol. The summed E-state index contributed by atoms with van der Waals surface area (Å²) in [7, 11) is 0. The lowest BCUT2D eigenvalue weighted by Crippen LogP contribution is -2.46. The molecule has 0 spiro atoms. The zero-order valence-corrected chi connectivity index (χ0v) is 14.5.